The molecule has 174 valence electrons. The molecule has 1 aliphatic heterocycles. The normalized spacial score (nSPS) is 20.6. The molecule has 3 rings (SSSR count). The van der Waals surface area contributed by atoms with E-state index >= 15 is 0 Å². The van der Waals surface area contributed by atoms with Crippen LogP contribution in [0, 0.1) is 18.7 Å². The minimum absolute atomic E-state index is 0.0490. The lowest BCUT2D eigenvalue weighted by molar-refractivity contribution is -0.180. The highest BCUT2D eigenvalue weighted by Crippen LogP contribution is 2.38. The topological polar surface area (TPSA) is 93.1 Å². The fraction of sp³-hybridized carbons (Fsp3) is 0.435. The molecule has 2 aromatic carbocycles. The number of carbonyl (C=O) groups excluding carboxylic acids is 1. The minimum Gasteiger partial charge on any atom is -0.489 e. The summed E-state index contributed by atoms with van der Waals surface area (Å²) in [5.41, 5.74) is 0.522. The molecule has 0 saturated carbocycles. The Labute approximate surface area is 187 Å². The van der Waals surface area contributed by atoms with Gasteiger partial charge in [-0.3, -0.25) is 10.0 Å². The summed E-state index contributed by atoms with van der Waals surface area (Å²) in [5, 5.41) is 9.04. The van der Waals surface area contributed by atoms with Crippen molar-refractivity contribution >= 4 is 15.7 Å². The Morgan fingerprint density at radius 2 is 1.91 bits per heavy atom. The van der Waals surface area contributed by atoms with Crippen LogP contribution in [0.5, 0.6) is 5.75 Å². The van der Waals surface area contributed by atoms with Crippen molar-refractivity contribution < 1.29 is 32.3 Å². The Bertz CT molecular complexity index is 1080. The van der Waals surface area contributed by atoms with Crippen molar-refractivity contribution in [2.75, 3.05) is 13.7 Å². The summed E-state index contributed by atoms with van der Waals surface area (Å²) < 4.78 is 51.6. The van der Waals surface area contributed by atoms with Crippen LogP contribution in [0.25, 0.3) is 0 Å². The molecule has 0 aromatic heterocycles. The van der Waals surface area contributed by atoms with Crippen molar-refractivity contribution in [2.45, 2.75) is 49.5 Å². The van der Waals surface area contributed by atoms with Crippen LogP contribution in [0.15, 0.2) is 47.4 Å². The average molecular weight is 466 g/mol. The molecule has 1 saturated heterocycles. The van der Waals surface area contributed by atoms with Crippen LogP contribution in [0.4, 0.5) is 4.39 Å². The molecule has 2 unspecified atom stereocenters. The van der Waals surface area contributed by atoms with Crippen LogP contribution < -0.4 is 4.74 Å². The van der Waals surface area contributed by atoms with Gasteiger partial charge in [0.25, 0.3) is 5.91 Å². The van der Waals surface area contributed by atoms with Gasteiger partial charge in [-0.1, -0.05) is 6.07 Å². The fourth-order valence-corrected chi connectivity index (χ4v) is 6.07. The molecule has 1 N–H and O–H groups in total. The van der Waals surface area contributed by atoms with Gasteiger partial charge in [-0.25, -0.2) is 17.9 Å². The molecule has 32 heavy (non-hydrogen) atoms. The summed E-state index contributed by atoms with van der Waals surface area (Å²) in [6, 6.07) is 10.4. The lowest BCUT2D eigenvalue weighted by atomic mass is 9.83. The second-order valence-corrected chi connectivity index (χ2v) is 10.7. The van der Waals surface area contributed by atoms with Crippen LogP contribution >= 0.6 is 0 Å². The van der Waals surface area contributed by atoms with Crippen LogP contribution in [0.1, 0.15) is 31.4 Å². The summed E-state index contributed by atoms with van der Waals surface area (Å²) in [6.45, 7) is 5.47. The average Bonchev–Trinajstić information content (AvgIpc) is 2.73. The predicted molar refractivity (Wildman–Crippen MR) is 116 cm³/mol. The number of hydrogen-bond acceptors (Lipinski definition) is 6. The number of benzene rings is 2. The van der Waals surface area contributed by atoms with Gasteiger partial charge in [0.15, 0.2) is 9.84 Å². The third kappa shape index (κ3) is 4.95. The lowest BCUT2D eigenvalue weighted by Crippen LogP contribution is -2.56. The van der Waals surface area contributed by atoms with E-state index in [0.717, 1.165) is 5.56 Å². The summed E-state index contributed by atoms with van der Waals surface area (Å²) in [7, 11) is -2.73. The van der Waals surface area contributed by atoms with Crippen molar-refractivity contribution in [3.8, 4) is 5.75 Å². The molecule has 1 amide bonds. The van der Waals surface area contributed by atoms with E-state index in [2.05, 4.69) is 0 Å². The zero-order valence-corrected chi connectivity index (χ0v) is 19.4. The second-order valence-electron chi connectivity index (χ2n) is 8.49. The highest BCUT2D eigenvalue weighted by atomic mass is 32.2. The number of nitrogens with zero attached hydrogens (tertiary/aromatic N) is 1. The number of aryl methyl sites for hydroxylation is 1. The predicted octanol–water partition coefficient (Wildman–Crippen LogP) is 3.52. The summed E-state index contributed by atoms with van der Waals surface area (Å²) in [5.74, 6) is -1.70. The van der Waals surface area contributed by atoms with Crippen LogP contribution in [-0.4, -0.2) is 49.1 Å². The third-order valence-electron chi connectivity index (χ3n) is 5.84. The highest BCUT2D eigenvalue weighted by Gasteiger charge is 2.51. The molecule has 0 aliphatic carbocycles. The number of hydrogen-bond donors (Lipinski definition) is 1. The molecule has 0 spiro atoms. The summed E-state index contributed by atoms with van der Waals surface area (Å²) >= 11 is 0. The van der Waals surface area contributed by atoms with Crippen LogP contribution in [-0.2, 0) is 26.0 Å². The van der Waals surface area contributed by atoms with Gasteiger partial charge in [0, 0.05) is 13.7 Å². The first kappa shape index (κ1) is 24.2. The quantitative estimate of drug-likeness (QED) is 0.518. The zero-order chi connectivity index (χ0) is 23.7. The molecule has 1 aliphatic rings. The Hall–Kier alpha value is -2.49. The first-order valence-electron chi connectivity index (χ1n) is 10.3. The van der Waals surface area contributed by atoms with Gasteiger partial charge in [0.1, 0.15) is 18.2 Å². The smallest absolute Gasteiger partial charge is 0.252 e. The first-order chi connectivity index (χ1) is 14.9. The van der Waals surface area contributed by atoms with Crippen molar-refractivity contribution in [1.29, 1.82) is 0 Å². The summed E-state index contributed by atoms with van der Waals surface area (Å²) in [6.07, 6.45) is 0.132. The molecule has 0 bridgehead atoms. The molecule has 1 heterocycles. The Morgan fingerprint density at radius 1 is 1.25 bits per heavy atom. The molecule has 7 nitrogen and oxygen atoms in total. The monoisotopic (exact) mass is 465 g/mol. The molecule has 2 atom stereocenters. The van der Waals surface area contributed by atoms with Crippen LogP contribution in [0.2, 0.25) is 0 Å². The van der Waals surface area contributed by atoms with Crippen molar-refractivity contribution in [3.05, 3.63) is 59.4 Å². The van der Waals surface area contributed by atoms with Crippen molar-refractivity contribution in [2.24, 2.45) is 5.92 Å². The number of rotatable bonds is 6. The number of amides is 1. The Balaban J connectivity index is 1.82. The summed E-state index contributed by atoms with van der Waals surface area (Å²) in [4.78, 5) is 12.7. The number of ether oxygens (including phenoxy) is 2. The van der Waals surface area contributed by atoms with E-state index < -0.39 is 32.5 Å². The van der Waals surface area contributed by atoms with Gasteiger partial charge >= 0.3 is 0 Å². The standard InChI is InChI=1S/C23H28FNO6S/c1-15-5-6-17(24)13-16(15)14-30-18-7-9-19(10-8-18)32(28,29)20-11-12-31-23(2,3)21(20)22(26)25(4)27/h5-10,13,20-21,27H,11-12,14H2,1-4H3. The van der Waals surface area contributed by atoms with E-state index in [-0.39, 0.29) is 30.3 Å². The lowest BCUT2D eigenvalue weighted by Gasteiger charge is -2.42. The van der Waals surface area contributed by atoms with E-state index in [0.29, 0.717) is 16.4 Å². The maximum Gasteiger partial charge on any atom is 0.252 e. The van der Waals surface area contributed by atoms with Gasteiger partial charge in [-0.15, -0.1) is 0 Å². The van der Waals surface area contributed by atoms with Gasteiger partial charge in [-0.2, -0.15) is 0 Å². The molecule has 9 heteroatoms. The SMILES string of the molecule is Cc1ccc(F)cc1COc1ccc(S(=O)(=O)C2CCOC(C)(C)C2C(=O)N(C)O)cc1. The molecule has 1 fully saturated rings. The highest BCUT2D eigenvalue weighted by molar-refractivity contribution is 7.92. The van der Waals surface area contributed by atoms with E-state index in [4.69, 9.17) is 9.47 Å². The van der Waals surface area contributed by atoms with Gasteiger partial charge < -0.3 is 9.47 Å². The van der Waals surface area contributed by atoms with E-state index in [9.17, 15) is 22.8 Å². The van der Waals surface area contributed by atoms with Gasteiger partial charge in [-0.05, 0) is 74.7 Å². The van der Waals surface area contributed by atoms with Crippen molar-refractivity contribution in [3.63, 3.8) is 0 Å². The molecular formula is C23H28FNO6S. The first-order valence-corrected chi connectivity index (χ1v) is 11.8. The third-order valence-corrected chi connectivity index (χ3v) is 8.07. The minimum atomic E-state index is -3.90. The molecular weight excluding hydrogens is 437 g/mol. The van der Waals surface area contributed by atoms with Crippen LogP contribution in [0.3, 0.4) is 0 Å². The zero-order valence-electron chi connectivity index (χ0n) is 18.5. The maximum atomic E-state index is 13.5. The van der Waals surface area contributed by atoms with E-state index in [1.807, 2.05) is 6.92 Å². The largest absolute Gasteiger partial charge is 0.489 e. The number of hydroxylamine groups is 2. The van der Waals surface area contributed by atoms with E-state index in [1.165, 1.54) is 43.4 Å². The Morgan fingerprint density at radius 3 is 2.53 bits per heavy atom. The number of halogens is 1. The van der Waals surface area contributed by atoms with Crippen molar-refractivity contribution in [1.82, 2.24) is 5.06 Å². The number of carbonyl (C=O) groups is 1. The fourth-order valence-electron chi connectivity index (χ4n) is 3.99. The second kappa shape index (κ2) is 9.17. The van der Waals surface area contributed by atoms with Gasteiger partial charge in [0.05, 0.1) is 21.7 Å². The maximum absolute atomic E-state index is 13.5. The molecule has 0 radical (unpaired) electrons. The number of sulfone groups is 1. The Kier molecular flexibility index (Phi) is 6.92. The molecule has 2 aromatic rings. The van der Waals surface area contributed by atoms with Gasteiger partial charge in [0.2, 0.25) is 0 Å². The van der Waals surface area contributed by atoms with E-state index in [1.54, 1.807) is 19.9 Å².